The first kappa shape index (κ1) is 19.7. The van der Waals surface area contributed by atoms with E-state index in [9.17, 15) is 18.3 Å². The fourth-order valence-corrected chi connectivity index (χ4v) is 3.28. The van der Waals surface area contributed by atoms with E-state index in [0.29, 0.717) is 17.9 Å². The summed E-state index contributed by atoms with van der Waals surface area (Å²) >= 11 is 0. The molecule has 1 N–H and O–H groups in total. The first-order valence-electron chi connectivity index (χ1n) is 9.23. The zero-order chi connectivity index (χ0) is 19.3. The van der Waals surface area contributed by atoms with E-state index in [-0.39, 0.29) is 6.61 Å². The summed E-state index contributed by atoms with van der Waals surface area (Å²) in [6.07, 6.45) is -1.25. The Hall–Kier alpha value is -2.05. The van der Waals surface area contributed by atoms with Gasteiger partial charge >= 0.3 is 6.18 Å². The second-order valence-corrected chi connectivity index (χ2v) is 6.93. The predicted octanol–water partition coefficient (Wildman–Crippen LogP) is 4.60. The van der Waals surface area contributed by atoms with Gasteiger partial charge in [0, 0.05) is 6.54 Å². The Labute approximate surface area is 157 Å². The van der Waals surface area contributed by atoms with Crippen LogP contribution in [0.3, 0.4) is 0 Å². The number of aliphatic hydroxyl groups excluding tert-OH is 1. The van der Waals surface area contributed by atoms with Crippen LogP contribution in [0.25, 0.3) is 11.1 Å². The molecule has 1 fully saturated rings. The number of ether oxygens (including phenoxy) is 1. The Morgan fingerprint density at radius 1 is 0.889 bits per heavy atom. The monoisotopic (exact) mass is 379 g/mol. The number of nitrogens with zero attached hydrogens (tertiary/aromatic N) is 1. The second kappa shape index (κ2) is 8.76. The summed E-state index contributed by atoms with van der Waals surface area (Å²) in [6, 6.07) is 12.2. The minimum Gasteiger partial charge on any atom is -0.491 e. The highest BCUT2D eigenvalue weighted by Crippen LogP contribution is 2.31. The zero-order valence-electron chi connectivity index (χ0n) is 15.1. The van der Waals surface area contributed by atoms with Gasteiger partial charge in [-0.25, -0.2) is 0 Å². The number of hydrogen-bond acceptors (Lipinski definition) is 3. The maximum atomic E-state index is 12.6. The van der Waals surface area contributed by atoms with Gasteiger partial charge in [0.05, 0.1) is 5.56 Å². The van der Waals surface area contributed by atoms with Crippen molar-refractivity contribution >= 4 is 0 Å². The summed E-state index contributed by atoms with van der Waals surface area (Å²) in [5.41, 5.74) is 0.860. The van der Waals surface area contributed by atoms with Gasteiger partial charge in [-0.05, 0) is 61.3 Å². The zero-order valence-corrected chi connectivity index (χ0v) is 15.1. The van der Waals surface area contributed by atoms with Crippen LogP contribution in [0.2, 0.25) is 0 Å². The summed E-state index contributed by atoms with van der Waals surface area (Å²) in [4.78, 5) is 2.26. The maximum Gasteiger partial charge on any atom is 0.416 e. The maximum absolute atomic E-state index is 12.6. The predicted molar refractivity (Wildman–Crippen MR) is 98.7 cm³/mol. The molecule has 0 aromatic heterocycles. The Balaban J connectivity index is 1.52. The normalized spacial score (nSPS) is 16.9. The number of hydrogen-bond donors (Lipinski definition) is 1. The molecule has 2 aromatic rings. The molecule has 0 aliphatic carbocycles. The van der Waals surface area contributed by atoms with Gasteiger partial charge in [0.1, 0.15) is 18.5 Å². The van der Waals surface area contributed by atoms with Gasteiger partial charge in [-0.15, -0.1) is 0 Å². The number of benzene rings is 2. The summed E-state index contributed by atoms with van der Waals surface area (Å²) in [6.45, 7) is 2.89. The van der Waals surface area contributed by atoms with Crippen molar-refractivity contribution < 1.29 is 23.0 Å². The highest BCUT2D eigenvalue weighted by molar-refractivity contribution is 5.64. The van der Waals surface area contributed by atoms with E-state index >= 15 is 0 Å². The van der Waals surface area contributed by atoms with Crippen LogP contribution in [0.1, 0.15) is 24.8 Å². The molecule has 0 amide bonds. The van der Waals surface area contributed by atoms with Crippen LogP contribution in [-0.4, -0.2) is 42.4 Å². The highest BCUT2D eigenvalue weighted by atomic mass is 19.4. The first-order chi connectivity index (χ1) is 12.9. The number of piperidine rings is 1. The minimum absolute atomic E-state index is 0.218. The number of aliphatic hydroxyl groups is 1. The van der Waals surface area contributed by atoms with Gasteiger partial charge in [0.25, 0.3) is 0 Å². The van der Waals surface area contributed by atoms with Crippen molar-refractivity contribution in [3.8, 4) is 16.9 Å². The molecule has 146 valence electrons. The van der Waals surface area contributed by atoms with E-state index < -0.39 is 17.8 Å². The lowest BCUT2D eigenvalue weighted by Gasteiger charge is -2.28. The van der Waals surface area contributed by atoms with Crippen LogP contribution >= 0.6 is 0 Å². The molecular weight excluding hydrogens is 355 g/mol. The molecule has 27 heavy (non-hydrogen) atoms. The standard InChI is InChI=1S/C21H24F3NO2/c22-21(23,24)18-8-4-16(5-9-18)17-6-10-20(11-7-17)27-15-19(26)14-25-12-2-1-3-13-25/h4-11,19,26H,1-3,12-15H2. The Kier molecular flexibility index (Phi) is 6.39. The largest absolute Gasteiger partial charge is 0.491 e. The first-order valence-corrected chi connectivity index (χ1v) is 9.23. The van der Waals surface area contributed by atoms with E-state index in [2.05, 4.69) is 4.90 Å². The molecule has 0 bridgehead atoms. The van der Waals surface area contributed by atoms with Crippen molar-refractivity contribution in [2.45, 2.75) is 31.5 Å². The molecule has 0 radical (unpaired) electrons. The van der Waals surface area contributed by atoms with Crippen molar-refractivity contribution in [2.24, 2.45) is 0 Å². The lowest BCUT2D eigenvalue weighted by Crippen LogP contribution is -2.38. The Bertz CT molecular complexity index is 708. The number of alkyl halides is 3. The fraction of sp³-hybridized carbons (Fsp3) is 0.429. The molecule has 1 heterocycles. The third kappa shape index (κ3) is 5.71. The number of rotatable bonds is 6. The molecule has 6 heteroatoms. The number of halogens is 3. The van der Waals surface area contributed by atoms with Crippen LogP contribution in [0.4, 0.5) is 13.2 Å². The van der Waals surface area contributed by atoms with E-state index in [4.69, 9.17) is 4.74 Å². The molecule has 2 aromatic carbocycles. The highest BCUT2D eigenvalue weighted by Gasteiger charge is 2.29. The molecule has 0 spiro atoms. The lowest BCUT2D eigenvalue weighted by molar-refractivity contribution is -0.137. The van der Waals surface area contributed by atoms with Crippen molar-refractivity contribution in [1.82, 2.24) is 4.90 Å². The summed E-state index contributed by atoms with van der Waals surface area (Å²) < 4.78 is 43.5. The van der Waals surface area contributed by atoms with Crippen molar-refractivity contribution in [3.63, 3.8) is 0 Å². The van der Waals surface area contributed by atoms with Crippen LogP contribution in [-0.2, 0) is 6.18 Å². The molecule has 0 saturated carbocycles. The van der Waals surface area contributed by atoms with Gasteiger partial charge in [0.2, 0.25) is 0 Å². The van der Waals surface area contributed by atoms with Crippen LogP contribution in [0.15, 0.2) is 48.5 Å². The van der Waals surface area contributed by atoms with Crippen LogP contribution < -0.4 is 4.74 Å². The molecule has 1 atom stereocenters. The third-order valence-electron chi connectivity index (χ3n) is 4.76. The van der Waals surface area contributed by atoms with E-state index in [1.165, 1.54) is 31.4 Å². The topological polar surface area (TPSA) is 32.7 Å². The quantitative estimate of drug-likeness (QED) is 0.796. The van der Waals surface area contributed by atoms with Crippen molar-refractivity contribution in [1.29, 1.82) is 0 Å². The molecule has 3 nitrogen and oxygen atoms in total. The average molecular weight is 379 g/mol. The van der Waals surface area contributed by atoms with E-state index in [0.717, 1.165) is 30.8 Å². The van der Waals surface area contributed by atoms with E-state index in [1.807, 2.05) is 0 Å². The van der Waals surface area contributed by atoms with Crippen LogP contribution in [0, 0.1) is 0 Å². The number of β-amino-alcohol motifs (C(OH)–C–C–N with tert-alkyl or cyclic N) is 1. The lowest BCUT2D eigenvalue weighted by atomic mass is 10.0. The summed E-state index contributed by atoms with van der Waals surface area (Å²) in [5, 5.41) is 10.1. The van der Waals surface area contributed by atoms with Crippen molar-refractivity contribution in [3.05, 3.63) is 54.1 Å². The Morgan fingerprint density at radius 3 is 2.00 bits per heavy atom. The molecular formula is C21H24F3NO2. The van der Waals surface area contributed by atoms with E-state index in [1.54, 1.807) is 24.3 Å². The molecule has 3 rings (SSSR count). The molecule has 1 aliphatic rings. The molecule has 1 unspecified atom stereocenters. The Morgan fingerprint density at radius 2 is 1.44 bits per heavy atom. The second-order valence-electron chi connectivity index (χ2n) is 6.93. The smallest absolute Gasteiger partial charge is 0.416 e. The van der Waals surface area contributed by atoms with Crippen LogP contribution in [0.5, 0.6) is 5.75 Å². The third-order valence-corrected chi connectivity index (χ3v) is 4.76. The summed E-state index contributed by atoms with van der Waals surface area (Å²) in [7, 11) is 0. The van der Waals surface area contributed by atoms with Gasteiger partial charge in [-0.2, -0.15) is 13.2 Å². The molecule has 1 aliphatic heterocycles. The van der Waals surface area contributed by atoms with Gasteiger partial charge in [0.15, 0.2) is 0 Å². The van der Waals surface area contributed by atoms with Gasteiger partial charge in [-0.3, -0.25) is 0 Å². The minimum atomic E-state index is -4.33. The van der Waals surface area contributed by atoms with Gasteiger partial charge < -0.3 is 14.7 Å². The van der Waals surface area contributed by atoms with Crippen molar-refractivity contribution in [2.75, 3.05) is 26.2 Å². The average Bonchev–Trinajstić information content (AvgIpc) is 2.67. The summed E-state index contributed by atoms with van der Waals surface area (Å²) in [5.74, 6) is 0.628. The number of likely N-dealkylation sites (tertiary alicyclic amines) is 1. The molecule has 1 saturated heterocycles. The van der Waals surface area contributed by atoms with Gasteiger partial charge in [-0.1, -0.05) is 30.7 Å². The SMILES string of the molecule is OC(COc1ccc(-c2ccc(C(F)(F)F)cc2)cc1)CN1CCCCC1. The fourth-order valence-electron chi connectivity index (χ4n) is 3.28.